The van der Waals surface area contributed by atoms with Crippen molar-refractivity contribution in [3.63, 3.8) is 0 Å². The summed E-state index contributed by atoms with van der Waals surface area (Å²) in [6.07, 6.45) is 2.69. The summed E-state index contributed by atoms with van der Waals surface area (Å²) in [5, 5.41) is 16.1. The number of nitrogens with one attached hydrogen (secondary N) is 2. The lowest BCUT2D eigenvalue weighted by atomic mass is 9.82. The number of hydrogen-bond donors (Lipinski definition) is 4. The quantitative estimate of drug-likeness (QED) is 0.304. The Balaban J connectivity index is 1.32. The van der Waals surface area contributed by atoms with Crippen LogP contribution in [0.2, 0.25) is 18.6 Å². The molecule has 1 spiro atoms. The zero-order chi connectivity index (χ0) is 32.8. The van der Waals surface area contributed by atoms with Crippen molar-refractivity contribution in [1.82, 2.24) is 10.2 Å². The van der Waals surface area contributed by atoms with Crippen molar-refractivity contribution < 1.29 is 33.8 Å². The molecule has 0 radical (unpaired) electrons. The maximum Gasteiger partial charge on any atom is 0.264 e. The summed E-state index contributed by atoms with van der Waals surface area (Å²) in [6, 6.07) is 12.6. The molecule has 6 atom stereocenters. The minimum absolute atomic E-state index is 0.0222. The number of amides is 3. The van der Waals surface area contributed by atoms with Gasteiger partial charge in [-0.3, -0.25) is 14.4 Å². The summed E-state index contributed by atoms with van der Waals surface area (Å²) in [6.45, 7) is 7.17. The van der Waals surface area contributed by atoms with E-state index in [-0.39, 0.29) is 49.4 Å². The molecule has 4 heterocycles. The van der Waals surface area contributed by atoms with Gasteiger partial charge >= 0.3 is 0 Å². The number of methoxy groups -OCH3 is 1. The number of carbonyl (C=O) groups excluding carboxylic acids is 3. The van der Waals surface area contributed by atoms with Crippen molar-refractivity contribution in [2.24, 2.45) is 5.92 Å². The number of ether oxygens (including phenoxy) is 2. The van der Waals surface area contributed by atoms with E-state index in [1.165, 1.54) is 0 Å². The summed E-state index contributed by atoms with van der Waals surface area (Å²) >= 11 is 0. The molecule has 4 N–H and O–H groups in total. The third-order valence-electron chi connectivity index (χ3n) is 10.4. The SMILES string of the molecule is COc1ccc2c(c1)[C@@]1(O[C@H](CC(=O)N3CCC[C@H]3CO)[C@@H]([Si](C)(C)O)[C@@H]1C)C(=O)N2Cc1cccc(NC(=O)[C@H]2CCCN2)c1. The number of hydrogen-bond acceptors (Lipinski definition) is 8. The minimum Gasteiger partial charge on any atom is -0.497 e. The fourth-order valence-electron chi connectivity index (χ4n) is 8.25. The number of aliphatic hydroxyl groups excluding tert-OH is 1. The Morgan fingerprint density at radius 2 is 1.98 bits per heavy atom. The van der Waals surface area contributed by atoms with Crippen LogP contribution >= 0.6 is 0 Å². The van der Waals surface area contributed by atoms with Crippen molar-refractivity contribution in [3.8, 4) is 5.75 Å². The lowest BCUT2D eigenvalue weighted by Gasteiger charge is -2.33. The Morgan fingerprint density at radius 1 is 1.17 bits per heavy atom. The van der Waals surface area contributed by atoms with Crippen LogP contribution in [-0.2, 0) is 31.3 Å². The molecule has 46 heavy (non-hydrogen) atoms. The Morgan fingerprint density at radius 3 is 2.67 bits per heavy atom. The van der Waals surface area contributed by atoms with Gasteiger partial charge in [-0.2, -0.15) is 0 Å². The molecule has 4 aliphatic heterocycles. The Kier molecular flexibility index (Phi) is 9.03. The molecule has 0 aliphatic carbocycles. The second-order valence-corrected chi connectivity index (χ2v) is 17.7. The maximum absolute atomic E-state index is 14.8. The van der Waals surface area contributed by atoms with E-state index in [1.54, 1.807) is 16.9 Å². The van der Waals surface area contributed by atoms with E-state index in [4.69, 9.17) is 9.47 Å². The summed E-state index contributed by atoms with van der Waals surface area (Å²) in [7, 11) is -1.40. The molecule has 4 aliphatic rings. The Hall–Kier alpha value is -3.29. The third kappa shape index (κ3) is 5.74. The van der Waals surface area contributed by atoms with Gasteiger partial charge < -0.3 is 39.8 Å². The number of anilines is 2. The first-order chi connectivity index (χ1) is 22.0. The summed E-state index contributed by atoms with van der Waals surface area (Å²) in [4.78, 5) is 56.2. The van der Waals surface area contributed by atoms with Crippen LogP contribution in [0, 0.1) is 5.92 Å². The van der Waals surface area contributed by atoms with Crippen molar-refractivity contribution >= 4 is 37.4 Å². The van der Waals surface area contributed by atoms with E-state index >= 15 is 0 Å². The molecule has 0 bridgehead atoms. The summed E-state index contributed by atoms with van der Waals surface area (Å²) in [5.41, 5.74) is 1.01. The molecule has 2 aromatic carbocycles. The van der Waals surface area contributed by atoms with Gasteiger partial charge in [-0.1, -0.05) is 19.1 Å². The first kappa shape index (κ1) is 32.6. The fourth-order valence-corrected chi connectivity index (χ4v) is 10.8. The van der Waals surface area contributed by atoms with E-state index in [9.17, 15) is 24.3 Å². The number of carbonyl (C=O) groups is 3. The zero-order valence-corrected chi connectivity index (χ0v) is 28.1. The lowest BCUT2D eigenvalue weighted by molar-refractivity contribution is -0.150. The molecule has 2 aromatic rings. The van der Waals surface area contributed by atoms with Gasteiger partial charge in [0.15, 0.2) is 13.9 Å². The molecule has 3 saturated heterocycles. The number of fused-ring (bicyclic) bond motifs is 2. The molecule has 3 amide bonds. The molecule has 6 rings (SSSR count). The Bertz CT molecular complexity index is 1490. The topological polar surface area (TPSA) is 141 Å². The molecular weight excluding hydrogens is 604 g/mol. The predicted molar refractivity (Wildman–Crippen MR) is 176 cm³/mol. The van der Waals surface area contributed by atoms with Crippen LogP contribution in [0.3, 0.4) is 0 Å². The van der Waals surface area contributed by atoms with Crippen molar-refractivity contribution in [2.75, 3.05) is 37.0 Å². The van der Waals surface area contributed by atoms with Gasteiger partial charge in [-0.25, -0.2) is 0 Å². The van der Waals surface area contributed by atoms with Gasteiger partial charge in [0.1, 0.15) is 5.75 Å². The number of likely N-dealkylation sites (tertiary alicyclic amines) is 1. The van der Waals surface area contributed by atoms with Gasteiger partial charge in [0, 0.05) is 29.3 Å². The smallest absolute Gasteiger partial charge is 0.264 e. The van der Waals surface area contributed by atoms with Gasteiger partial charge in [-0.15, -0.1) is 0 Å². The monoisotopic (exact) mass is 650 g/mol. The minimum atomic E-state index is -2.97. The standard InChI is InChI=1S/C34H46N4O7Si/c1-21-31(46(3,4)43)29(18-30(40)37-15-7-10-24(37)20-39)45-34(21)26-17-25(44-2)12-13-28(26)38(33(34)42)19-22-8-5-9-23(16-22)36-32(41)27-11-6-14-35-27/h5,8-9,12-13,16-17,21,24,27,29,31,35,39,43H,6-7,10-11,14-15,18-20H2,1-4H3,(H,36,41)/t21-,24-,27+,29+,31-,34+/m0/s1. The molecular formula is C34H46N4O7Si. The molecule has 0 aromatic heterocycles. The second kappa shape index (κ2) is 12.7. The maximum atomic E-state index is 14.8. The number of benzene rings is 2. The summed E-state index contributed by atoms with van der Waals surface area (Å²) in [5.74, 6) is -0.308. The van der Waals surface area contributed by atoms with Crippen molar-refractivity contribution in [3.05, 3.63) is 53.6 Å². The van der Waals surface area contributed by atoms with Gasteiger partial charge in [-0.05, 0) is 81.2 Å². The van der Waals surface area contributed by atoms with Gasteiger partial charge in [0.2, 0.25) is 11.8 Å². The first-order valence-electron chi connectivity index (χ1n) is 16.4. The van der Waals surface area contributed by atoms with E-state index < -0.39 is 31.5 Å². The van der Waals surface area contributed by atoms with Crippen molar-refractivity contribution in [1.29, 1.82) is 0 Å². The molecule has 248 valence electrons. The summed E-state index contributed by atoms with van der Waals surface area (Å²) < 4.78 is 12.4. The highest BCUT2D eigenvalue weighted by Gasteiger charge is 2.66. The largest absolute Gasteiger partial charge is 0.497 e. The van der Waals surface area contributed by atoms with Crippen LogP contribution < -0.4 is 20.3 Å². The van der Waals surface area contributed by atoms with E-state index in [0.29, 0.717) is 29.2 Å². The van der Waals surface area contributed by atoms with Crippen LogP contribution in [0.4, 0.5) is 11.4 Å². The van der Waals surface area contributed by atoms with Crippen LogP contribution in [0.5, 0.6) is 5.75 Å². The van der Waals surface area contributed by atoms with Crippen LogP contribution in [-0.4, -0.2) is 85.8 Å². The van der Waals surface area contributed by atoms with Gasteiger partial charge in [0.05, 0.1) is 50.6 Å². The molecule has 3 fully saturated rings. The zero-order valence-electron chi connectivity index (χ0n) is 27.1. The lowest BCUT2D eigenvalue weighted by Crippen LogP contribution is -2.46. The molecule has 0 saturated carbocycles. The normalized spacial score (nSPS) is 29.1. The van der Waals surface area contributed by atoms with E-state index in [2.05, 4.69) is 10.6 Å². The highest BCUT2D eigenvalue weighted by molar-refractivity contribution is 6.71. The average molecular weight is 651 g/mol. The van der Waals surface area contributed by atoms with E-state index in [0.717, 1.165) is 37.8 Å². The average Bonchev–Trinajstić information content (AvgIpc) is 3.81. The van der Waals surface area contributed by atoms with Gasteiger partial charge in [0.25, 0.3) is 5.91 Å². The van der Waals surface area contributed by atoms with Crippen molar-refractivity contribution in [2.45, 2.75) is 88.0 Å². The van der Waals surface area contributed by atoms with Crippen LogP contribution in [0.25, 0.3) is 0 Å². The number of rotatable bonds is 9. The molecule has 12 heteroatoms. The Labute approximate surface area is 271 Å². The third-order valence-corrected chi connectivity index (χ3v) is 12.9. The molecule has 0 unspecified atom stereocenters. The van der Waals surface area contributed by atoms with Crippen LogP contribution in [0.1, 0.15) is 50.2 Å². The predicted octanol–water partition coefficient (Wildman–Crippen LogP) is 3.10. The van der Waals surface area contributed by atoms with E-state index in [1.807, 2.05) is 62.5 Å². The number of aliphatic hydroxyl groups is 1. The number of nitrogens with zero attached hydrogens (tertiary/aromatic N) is 2. The highest BCUT2D eigenvalue weighted by Crippen LogP contribution is 2.60. The first-order valence-corrected chi connectivity index (χ1v) is 19.4. The highest BCUT2D eigenvalue weighted by atomic mass is 28.4. The second-order valence-electron chi connectivity index (χ2n) is 13.7. The fraction of sp³-hybridized carbons (Fsp3) is 0.559. The van der Waals surface area contributed by atoms with Crippen LogP contribution in [0.15, 0.2) is 42.5 Å². The molecule has 11 nitrogen and oxygen atoms in total.